The Morgan fingerprint density at radius 1 is 0.722 bits per heavy atom. The standard InChI is InChI=1S/C26H32N2O2.C2H2O4/c1-27(2)16-17-28(19-22-10-6-4-7-11-22)20-24-14-15-25(26(18-24)29-3)30-21-23-12-8-5-9-13-23;3-1(4)2(5)6/h4-15,18H,16-17,19-21H2,1-3H3;(H,3,4)(H,5,6). The van der Waals surface area contributed by atoms with Crippen molar-refractivity contribution in [2.45, 2.75) is 19.7 Å². The van der Waals surface area contributed by atoms with Gasteiger partial charge in [0.05, 0.1) is 7.11 Å². The molecular weight excluding hydrogens is 460 g/mol. The molecule has 3 aromatic rings. The molecule has 0 spiro atoms. The summed E-state index contributed by atoms with van der Waals surface area (Å²) in [5.74, 6) is -2.10. The summed E-state index contributed by atoms with van der Waals surface area (Å²) in [7, 11) is 5.92. The molecule has 0 saturated heterocycles. The van der Waals surface area contributed by atoms with Crippen molar-refractivity contribution >= 4 is 11.9 Å². The molecule has 192 valence electrons. The normalized spacial score (nSPS) is 10.5. The third-order valence-corrected chi connectivity index (χ3v) is 5.17. The van der Waals surface area contributed by atoms with Crippen LogP contribution < -0.4 is 9.47 Å². The molecule has 0 aliphatic heterocycles. The van der Waals surface area contributed by atoms with Crippen molar-refractivity contribution < 1.29 is 29.3 Å². The summed E-state index contributed by atoms with van der Waals surface area (Å²) < 4.78 is 11.6. The second-order valence-corrected chi connectivity index (χ2v) is 8.37. The lowest BCUT2D eigenvalue weighted by Gasteiger charge is -2.25. The Morgan fingerprint density at radius 3 is 1.81 bits per heavy atom. The summed E-state index contributed by atoms with van der Waals surface area (Å²) in [5, 5.41) is 14.8. The van der Waals surface area contributed by atoms with Gasteiger partial charge in [0.15, 0.2) is 11.5 Å². The van der Waals surface area contributed by atoms with E-state index in [1.807, 2.05) is 24.3 Å². The lowest BCUT2D eigenvalue weighted by atomic mass is 10.1. The molecule has 36 heavy (non-hydrogen) atoms. The summed E-state index contributed by atoms with van der Waals surface area (Å²) in [6, 6.07) is 27.1. The maximum atomic E-state index is 9.10. The number of methoxy groups -OCH3 is 1. The molecule has 0 fully saturated rings. The highest BCUT2D eigenvalue weighted by molar-refractivity contribution is 6.27. The smallest absolute Gasteiger partial charge is 0.414 e. The molecule has 0 heterocycles. The average molecular weight is 495 g/mol. The Balaban J connectivity index is 0.000000678. The van der Waals surface area contributed by atoms with Crippen molar-refractivity contribution in [2.24, 2.45) is 0 Å². The zero-order valence-electron chi connectivity index (χ0n) is 21.0. The van der Waals surface area contributed by atoms with E-state index in [2.05, 4.69) is 78.5 Å². The molecule has 2 N–H and O–H groups in total. The van der Waals surface area contributed by atoms with Crippen LogP contribution in [0.3, 0.4) is 0 Å². The predicted molar refractivity (Wildman–Crippen MR) is 138 cm³/mol. The van der Waals surface area contributed by atoms with Gasteiger partial charge in [0.2, 0.25) is 0 Å². The lowest BCUT2D eigenvalue weighted by Crippen LogP contribution is -2.31. The quantitative estimate of drug-likeness (QED) is 0.386. The first-order valence-corrected chi connectivity index (χ1v) is 11.5. The molecule has 0 bridgehead atoms. The maximum Gasteiger partial charge on any atom is 0.414 e. The topological polar surface area (TPSA) is 99.5 Å². The fraction of sp³-hybridized carbons (Fsp3) is 0.286. The third kappa shape index (κ3) is 10.6. The van der Waals surface area contributed by atoms with E-state index in [1.54, 1.807) is 7.11 Å². The summed E-state index contributed by atoms with van der Waals surface area (Å²) in [4.78, 5) is 22.9. The van der Waals surface area contributed by atoms with Gasteiger partial charge in [-0.1, -0.05) is 66.7 Å². The zero-order chi connectivity index (χ0) is 26.3. The largest absolute Gasteiger partial charge is 0.493 e. The highest BCUT2D eigenvalue weighted by Crippen LogP contribution is 2.29. The first kappa shape index (κ1) is 28.4. The van der Waals surface area contributed by atoms with Crippen LogP contribution in [-0.2, 0) is 29.3 Å². The lowest BCUT2D eigenvalue weighted by molar-refractivity contribution is -0.159. The van der Waals surface area contributed by atoms with E-state index >= 15 is 0 Å². The molecule has 8 nitrogen and oxygen atoms in total. The second kappa shape index (κ2) is 15.2. The van der Waals surface area contributed by atoms with E-state index in [9.17, 15) is 0 Å². The van der Waals surface area contributed by atoms with E-state index in [-0.39, 0.29) is 0 Å². The third-order valence-electron chi connectivity index (χ3n) is 5.17. The number of rotatable bonds is 11. The predicted octanol–water partition coefficient (Wildman–Crippen LogP) is 3.99. The highest BCUT2D eigenvalue weighted by atomic mass is 16.5. The SMILES string of the molecule is COc1cc(CN(CCN(C)C)Cc2ccccc2)ccc1OCc1ccccc1.O=C(O)C(=O)O. The summed E-state index contributed by atoms with van der Waals surface area (Å²) in [6.45, 7) is 4.32. The fourth-order valence-electron chi connectivity index (χ4n) is 3.32. The molecule has 0 aliphatic rings. The van der Waals surface area contributed by atoms with Crippen LogP contribution >= 0.6 is 0 Å². The van der Waals surface area contributed by atoms with E-state index in [0.29, 0.717) is 6.61 Å². The van der Waals surface area contributed by atoms with Crippen molar-refractivity contribution in [1.29, 1.82) is 0 Å². The molecule has 0 saturated carbocycles. The fourth-order valence-corrected chi connectivity index (χ4v) is 3.32. The summed E-state index contributed by atoms with van der Waals surface area (Å²) in [5.41, 5.74) is 3.68. The van der Waals surface area contributed by atoms with Gasteiger partial charge in [0.1, 0.15) is 6.61 Å². The van der Waals surface area contributed by atoms with Crippen LogP contribution in [0, 0.1) is 0 Å². The number of carbonyl (C=O) groups is 2. The number of hydrogen-bond acceptors (Lipinski definition) is 6. The van der Waals surface area contributed by atoms with Crippen LogP contribution in [0.5, 0.6) is 11.5 Å². The van der Waals surface area contributed by atoms with Gasteiger partial charge < -0.3 is 24.6 Å². The van der Waals surface area contributed by atoms with Crippen molar-refractivity contribution in [3.63, 3.8) is 0 Å². The molecule has 8 heteroatoms. The number of carboxylic acids is 2. The maximum absolute atomic E-state index is 9.10. The van der Waals surface area contributed by atoms with E-state index < -0.39 is 11.9 Å². The van der Waals surface area contributed by atoms with Crippen molar-refractivity contribution in [3.8, 4) is 11.5 Å². The first-order valence-electron chi connectivity index (χ1n) is 11.5. The van der Waals surface area contributed by atoms with Gasteiger partial charge in [-0.15, -0.1) is 0 Å². The molecule has 0 unspecified atom stereocenters. The Labute approximate surface area is 212 Å². The number of benzene rings is 3. The molecule has 3 aromatic carbocycles. The van der Waals surface area contributed by atoms with E-state index in [0.717, 1.165) is 43.2 Å². The van der Waals surface area contributed by atoms with E-state index in [4.69, 9.17) is 29.3 Å². The van der Waals surface area contributed by atoms with Gasteiger partial charge in [-0.25, -0.2) is 9.59 Å². The number of ether oxygens (including phenoxy) is 2. The number of likely N-dealkylation sites (N-methyl/N-ethyl adjacent to an activating group) is 1. The Bertz CT molecular complexity index is 1060. The number of aliphatic carboxylic acids is 2. The van der Waals surface area contributed by atoms with Gasteiger partial charge in [0, 0.05) is 26.2 Å². The monoisotopic (exact) mass is 494 g/mol. The summed E-state index contributed by atoms with van der Waals surface area (Å²) in [6.07, 6.45) is 0. The van der Waals surface area contributed by atoms with Crippen LogP contribution in [0.1, 0.15) is 16.7 Å². The minimum absolute atomic E-state index is 0.527. The van der Waals surface area contributed by atoms with Crippen LogP contribution in [0.25, 0.3) is 0 Å². The molecule has 0 aliphatic carbocycles. The molecule has 0 amide bonds. The Kier molecular flexibility index (Phi) is 12.0. The zero-order valence-corrected chi connectivity index (χ0v) is 21.0. The molecular formula is C28H34N2O6. The number of carboxylic acid groups (broad SMARTS) is 2. The van der Waals surface area contributed by atoms with Gasteiger partial charge in [-0.2, -0.15) is 0 Å². The minimum Gasteiger partial charge on any atom is -0.493 e. The number of hydrogen-bond donors (Lipinski definition) is 2. The van der Waals surface area contributed by atoms with Crippen LogP contribution in [0.2, 0.25) is 0 Å². The van der Waals surface area contributed by atoms with Crippen LogP contribution in [-0.4, -0.2) is 66.2 Å². The van der Waals surface area contributed by atoms with Crippen molar-refractivity contribution in [1.82, 2.24) is 9.80 Å². The average Bonchev–Trinajstić information content (AvgIpc) is 2.88. The molecule has 0 atom stereocenters. The number of nitrogens with zero attached hydrogens (tertiary/aromatic N) is 2. The van der Waals surface area contributed by atoms with E-state index in [1.165, 1.54) is 11.1 Å². The summed E-state index contributed by atoms with van der Waals surface area (Å²) >= 11 is 0. The van der Waals surface area contributed by atoms with Crippen LogP contribution in [0.15, 0.2) is 78.9 Å². The molecule has 0 aromatic heterocycles. The van der Waals surface area contributed by atoms with Gasteiger partial charge in [0.25, 0.3) is 0 Å². The molecule has 3 rings (SSSR count). The highest BCUT2D eigenvalue weighted by Gasteiger charge is 2.11. The van der Waals surface area contributed by atoms with Crippen LogP contribution in [0.4, 0.5) is 0 Å². The van der Waals surface area contributed by atoms with Gasteiger partial charge in [-0.05, 0) is 42.9 Å². The van der Waals surface area contributed by atoms with Gasteiger partial charge in [-0.3, -0.25) is 4.90 Å². The second-order valence-electron chi connectivity index (χ2n) is 8.37. The van der Waals surface area contributed by atoms with Crippen molar-refractivity contribution in [2.75, 3.05) is 34.3 Å². The van der Waals surface area contributed by atoms with Crippen molar-refractivity contribution in [3.05, 3.63) is 95.6 Å². The Morgan fingerprint density at radius 2 is 1.28 bits per heavy atom. The minimum atomic E-state index is -1.82. The first-order chi connectivity index (χ1) is 17.3. The molecule has 0 radical (unpaired) electrons. The van der Waals surface area contributed by atoms with Gasteiger partial charge >= 0.3 is 11.9 Å². The Hall–Kier alpha value is -3.88.